The van der Waals surface area contributed by atoms with Crippen LogP contribution in [0, 0.1) is 0 Å². The van der Waals surface area contributed by atoms with Crippen LogP contribution in [0.3, 0.4) is 0 Å². The van der Waals surface area contributed by atoms with E-state index in [1.807, 2.05) is 19.0 Å². The van der Waals surface area contributed by atoms with E-state index in [2.05, 4.69) is 15.9 Å². The van der Waals surface area contributed by atoms with Crippen LogP contribution >= 0.6 is 15.9 Å². The topological polar surface area (TPSA) is 60.9 Å². The summed E-state index contributed by atoms with van der Waals surface area (Å²) < 4.78 is 26.2. The summed E-state index contributed by atoms with van der Waals surface area (Å²) >= 11 is 3.16. The molecule has 0 aromatic heterocycles. The van der Waals surface area contributed by atoms with Gasteiger partial charge in [0.2, 0.25) is 10.0 Å². The number of benzene rings is 1. The first kappa shape index (κ1) is 15.4. The number of nitrogens with zero attached hydrogens (tertiary/aromatic N) is 2. The van der Waals surface area contributed by atoms with Crippen molar-refractivity contribution in [1.29, 1.82) is 0 Å². The molecular weight excluding hydrogens is 320 g/mol. The highest BCUT2D eigenvalue weighted by Gasteiger charge is 2.23. The van der Waals surface area contributed by atoms with Crippen LogP contribution in [0.15, 0.2) is 27.6 Å². The Hall–Kier alpha value is -0.630. The monoisotopic (exact) mass is 336 g/mol. The highest BCUT2D eigenvalue weighted by Crippen LogP contribution is 2.27. The van der Waals surface area contributed by atoms with E-state index in [-0.39, 0.29) is 10.6 Å². The van der Waals surface area contributed by atoms with Gasteiger partial charge in [0.05, 0.1) is 4.90 Å². The number of aromatic hydroxyl groups is 1. The summed E-state index contributed by atoms with van der Waals surface area (Å²) in [6, 6.07) is 4.12. The highest BCUT2D eigenvalue weighted by molar-refractivity contribution is 9.10. The van der Waals surface area contributed by atoms with Crippen LogP contribution in [0.5, 0.6) is 5.75 Å². The minimum absolute atomic E-state index is 0.0248. The van der Waals surface area contributed by atoms with Crippen LogP contribution in [-0.2, 0) is 10.0 Å². The summed E-state index contributed by atoms with van der Waals surface area (Å²) in [6.07, 6.45) is 0. The van der Waals surface area contributed by atoms with Crippen LogP contribution in [0.4, 0.5) is 0 Å². The summed E-state index contributed by atoms with van der Waals surface area (Å²) in [5.41, 5.74) is 0. The molecule has 0 unspecified atom stereocenters. The molecule has 102 valence electrons. The number of hydrogen-bond acceptors (Lipinski definition) is 4. The molecule has 1 aromatic carbocycles. The largest absolute Gasteiger partial charge is 0.508 e. The van der Waals surface area contributed by atoms with Gasteiger partial charge in [-0.15, -0.1) is 0 Å². The van der Waals surface area contributed by atoms with Crippen LogP contribution in [0.25, 0.3) is 0 Å². The lowest BCUT2D eigenvalue weighted by Gasteiger charge is -2.20. The van der Waals surface area contributed by atoms with Crippen molar-refractivity contribution in [1.82, 2.24) is 9.21 Å². The molecule has 0 saturated heterocycles. The van der Waals surface area contributed by atoms with Crippen molar-refractivity contribution in [3.63, 3.8) is 0 Å². The quantitative estimate of drug-likeness (QED) is 0.881. The van der Waals surface area contributed by atoms with Gasteiger partial charge in [0.1, 0.15) is 5.75 Å². The Labute approximate surface area is 116 Å². The maximum absolute atomic E-state index is 12.3. The molecule has 0 saturated carbocycles. The number of hydrogen-bond donors (Lipinski definition) is 1. The molecule has 0 bridgehead atoms. The van der Waals surface area contributed by atoms with Crippen molar-refractivity contribution in [2.45, 2.75) is 4.90 Å². The molecule has 18 heavy (non-hydrogen) atoms. The molecule has 0 aliphatic rings. The van der Waals surface area contributed by atoms with Gasteiger partial charge in [0.15, 0.2) is 0 Å². The Morgan fingerprint density at radius 1 is 1.22 bits per heavy atom. The van der Waals surface area contributed by atoms with Gasteiger partial charge in [-0.25, -0.2) is 8.42 Å². The zero-order valence-corrected chi connectivity index (χ0v) is 13.0. The molecule has 1 N–H and O–H groups in total. The van der Waals surface area contributed by atoms with Gasteiger partial charge in [-0.05, 0) is 48.2 Å². The summed E-state index contributed by atoms with van der Waals surface area (Å²) in [5, 5.41) is 9.27. The van der Waals surface area contributed by atoms with Gasteiger partial charge in [-0.2, -0.15) is 4.31 Å². The molecule has 1 rings (SSSR count). The number of halogens is 1. The first-order valence-corrected chi connectivity index (χ1v) is 7.58. The average Bonchev–Trinajstić information content (AvgIpc) is 2.24. The molecule has 0 aliphatic heterocycles. The second kappa shape index (κ2) is 6.01. The molecule has 0 radical (unpaired) electrons. The molecule has 0 amide bonds. The molecule has 5 nitrogen and oxygen atoms in total. The van der Waals surface area contributed by atoms with E-state index in [1.54, 1.807) is 0 Å². The summed E-state index contributed by atoms with van der Waals surface area (Å²) in [6.45, 7) is 1.05. The van der Waals surface area contributed by atoms with Gasteiger partial charge in [0, 0.05) is 24.6 Å². The Kier molecular flexibility index (Phi) is 5.15. The fourth-order valence-electron chi connectivity index (χ4n) is 1.33. The van der Waals surface area contributed by atoms with E-state index < -0.39 is 10.0 Å². The third-order valence-electron chi connectivity index (χ3n) is 2.47. The van der Waals surface area contributed by atoms with Gasteiger partial charge >= 0.3 is 0 Å². The average molecular weight is 337 g/mol. The third-order valence-corrected chi connectivity index (χ3v) is 5.30. The second-order valence-electron chi connectivity index (χ2n) is 4.24. The Morgan fingerprint density at radius 3 is 2.33 bits per heavy atom. The molecular formula is C11H17BrN2O3S. The SMILES string of the molecule is CN(C)CCN(C)S(=O)(=O)c1ccc(O)cc1Br. The summed E-state index contributed by atoms with van der Waals surface area (Å²) in [4.78, 5) is 2.07. The number of phenols is 1. The van der Waals surface area contributed by atoms with Gasteiger partial charge in [-0.1, -0.05) is 0 Å². The van der Waals surface area contributed by atoms with Gasteiger partial charge in [0.25, 0.3) is 0 Å². The van der Waals surface area contributed by atoms with E-state index in [9.17, 15) is 13.5 Å². The van der Waals surface area contributed by atoms with Crippen molar-refractivity contribution in [3.05, 3.63) is 22.7 Å². The molecule has 0 atom stereocenters. The number of likely N-dealkylation sites (N-methyl/N-ethyl adjacent to an activating group) is 2. The first-order valence-electron chi connectivity index (χ1n) is 5.34. The second-order valence-corrected chi connectivity index (χ2v) is 7.11. The first-order chi connectivity index (χ1) is 8.25. The minimum atomic E-state index is -3.53. The minimum Gasteiger partial charge on any atom is -0.508 e. The molecule has 0 fully saturated rings. The Bertz CT molecular complexity index is 517. The van der Waals surface area contributed by atoms with Crippen molar-refractivity contribution in [3.8, 4) is 5.75 Å². The van der Waals surface area contributed by atoms with E-state index in [0.717, 1.165) is 0 Å². The Balaban J connectivity index is 2.98. The van der Waals surface area contributed by atoms with Crippen LogP contribution in [-0.4, -0.2) is 57.0 Å². The number of phenolic OH excluding ortho intramolecular Hbond substituents is 1. The lowest BCUT2D eigenvalue weighted by Crippen LogP contribution is -2.33. The predicted octanol–water partition coefficient (Wildman–Crippen LogP) is 1.34. The Morgan fingerprint density at radius 2 is 1.83 bits per heavy atom. The number of sulfonamides is 1. The highest BCUT2D eigenvalue weighted by atomic mass is 79.9. The van der Waals surface area contributed by atoms with Gasteiger partial charge in [-0.3, -0.25) is 0 Å². The lowest BCUT2D eigenvalue weighted by atomic mass is 10.3. The van der Waals surface area contributed by atoms with Gasteiger partial charge < -0.3 is 10.0 Å². The fourth-order valence-corrected chi connectivity index (χ4v) is 3.51. The number of rotatable bonds is 5. The zero-order chi connectivity index (χ0) is 13.9. The fraction of sp³-hybridized carbons (Fsp3) is 0.455. The molecule has 7 heteroatoms. The molecule has 0 spiro atoms. The zero-order valence-electron chi connectivity index (χ0n) is 10.6. The maximum atomic E-state index is 12.3. The predicted molar refractivity (Wildman–Crippen MR) is 74.2 cm³/mol. The third kappa shape index (κ3) is 3.68. The van der Waals surface area contributed by atoms with Crippen molar-refractivity contribution >= 4 is 26.0 Å². The standard InChI is InChI=1S/C11H17BrN2O3S/c1-13(2)6-7-14(3)18(16,17)11-5-4-9(15)8-10(11)12/h4-5,8,15H,6-7H2,1-3H3. The van der Waals surface area contributed by atoms with Crippen LogP contribution in [0.2, 0.25) is 0 Å². The van der Waals surface area contributed by atoms with Crippen molar-refractivity contribution in [2.75, 3.05) is 34.2 Å². The maximum Gasteiger partial charge on any atom is 0.243 e. The summed E-state index contributed by atoms with van der Waals surface area (Å²) in [7, 11) is 1.78. The van der Waals surface area contributed by atoms with Crippen molar-refractivity contribution < 1.29 is 13.5 Å². The lowest BCUT2D eigenvalue weighted by molar-refractivity contribution is 0.358. The van der Waals surface area contributed by atoms with E-state index >= 15 is 0 Å². The van der Waals surface area contributed by atoms with Crippen molar-refractivity contribution in [2.24, 2.45) is 0 Å². The van der Waals surface area contributed by atoms with Crippen LogP contribution in [0.1, 0.15) is 0 Å². The van der Waals surface area contributed by atoms with E-state index in [1.165, 1.54) is 29.6 Å². The molecule has 0 aliphatic carbocycles. The molecule has 1 aromatic rings. The normalized spacial score (nSPS) is 12.3. The smallest absolute Gasteiger partial charge is 0.243 e. The van der Waals surface area contributed by atoms with Crippen LogP contribution < -0.4 is 0 Å². The van der Waals surface area contributed by atoms with E-state index in [4.69, 9.17) is 0 Å². The summed E-state index contributed by atoms with van der Waals surface area (Å²) in [5.74, 6) is 0.0248. The molecule has 0 heterocycles. The van der Waals surface area contributed by atoms with E-state index in [0.29, 0.717) is 17.6 Å².